The Balaban J connectivity index is 2.28. The summed E-state index contributed by atoms with van der Waals surface area (Å²) in [6.45, 7) is 3.20. The van der Waals surface area contributed by atoms with Crippen molar-refractivity contribution >= 4 is 17.7 Å². The molecule has 1 amide bonds. The van der Waals surface area contributed by atoms with Crippen molar-refractivity contribution in [3.63, 3.8) is 0 Å². The van der Waals surface area contributed by atoms with Crippen molar-refractivity contribution in [2.24, 2.45) is 0 Å². The van der Waals surface area contributed by atoms with Gasteiger partial charge in [0.15, 0.2) is 0 Å². The first-order valence-electron chi connectivity index (χ1n) is 5.95. The van der Waals surface area contributed by atoms with Crippen LogP contribution in [0.25, 0.3) is 0 Å². The van der Waals surface area contributed by atoms with Crippen LogP contribution in [-0.4, -0.2) is 36.7 Å². The molecule has 0 aliphatic heterocycles. The van der Waals surface area contributed by atoms with E-state index in [0.717, 1.165) is 0 Å². The van der Waals surface area contributed by atoms with Crippen LogP contribution < -0.4 is 5.32 Å². The van der Waals surface area contributed by atoms with Gasteiger partial charge in [0.1, 0.15) is 11.5 Å². The third kappa shape index (κ3) is 6.07. The highest BCUT2D eigenvalue weighted by molar-refractivity contribution is 7.98. The maximum absolute atomic E-state index is 12.0. The Morgan fingerprint density at radius 3 is 2.79 bits per heavy atom. The molecule has 1 aromatic rings. The third-order valence-corrected chi connectivity index (χ3v) is 3.25. The number of hydrogen-bond acceptors (Lipinski definition) is 4. The minimum atomic E-state index is -2.39. The first kappa shape index (κ1) is 16.0. The molecule has 0 fully saturated rings. The number of thioether (sulfide) groups is 1. The summed E-state index contributed by atoms with van der Waals surface area (Å²) in [4.78, 5) is 13.1. The summed E-state index contributed by atoms with van der Waals surface area (Å²) in [6.07, 6.45) is 0. The van der Waals surface area contributed by atoms with Crippen LogP contribution in [-0.2, 0) is 17.1 Å². The molecule has 4 nitrogen and oxygen atoms in total. The molecular formula is C12H18F2N2O2S. The highest BCUT2D eigenvalue weighted by Crippen LogP contribution is 2.21. The fourth-order valence-corrected chi connectivity index (χ4v) is 1.79. The average Bonchev–Trinajstić information content (AvgIpc) is 2.83. The summed E-state index contributed by atoms with van der Waals surface area (Å²) in [7, 11) is 1.73. The minimum absolute atomic E-state index is 0.00235. The molecule has 1 heterocycles. The van der Waals surface area contributed by atoms with E-state index in [-0.39, 0.29) is 18.2 Å². The second-order valence-corrected chi connectivity index (χ2v) is 4.93. The average molecular weight is 292 g/mol. The van der Waals surface area contributed by atoms with Crippen molar-refractivity contribution in [2.75, 3.05) is 20.1 Å². The van der Waals surface area contributed by atoms with E-state index in [1.807, 2.05) is 6.92 Å². The predicted octanol–water partition coefficient (Wildman–Crippen LogP) is 2.30. The number of likely N-dealkylation sites (N-methyl/N-ethyl adjacent to an activating group) is 1. The van der Waals surface area contributed by atoms with Crippen LogP contribution in [0.5, 0.6) is 0 Å². The first-order chi connectivity index (χ1) is 9.02. The number of halogens is 2. The van der Waals surface area contributed by atoms with Crippen molar-refractivity contribution in [1.29, 1.82) is 0 Å². The Labute approximate surface area is 115 Å². The lowest BCUT2D eigenvalue weighted by Gasteiger charge is -2.14. The maximum Gasteiger partial charge on any atom is 0.284 e. The number of nitrogens with one attached hydrogen (secondary N) is 1. The number of amides is 1. The summed E-state index contributed by atoms with van der Waals surface area (Å²) in [5.41, 5.74) is 0. The summed E-state index contributed by atoms with van der Waals surface area (Å²) in [5, 5.41) is 2.95. The number of hydrogen-bond donors (Lipinski definition) is 1. The molecule has 0 aromatic carbocycles. The number of alkyl halides is 2. The van der Waals surface area contributed by atoms with Crippen molar-refractivity contribution in [3.05, 3.63) is 23.7 Å². The second kappa shape index (κ2) is 8.16. The van der Waals surface area contributed by atoms with Gasteiger partial charge in [0.2, 0.25) is 5.91 Å². The quantitative estimate of drug-likeness (QED) is 0.798. The van der Waals surface area contributed by atoms with Crippen LogP contribution in [0.2, 0.25) is 0 Å². The van der Waals surface area contributed by atoms with Gasteiger partial charge in [0.25, 0.3) is 5.76 Å². The van der Waals surface area contributed by atoms with Gasteiger partial charge in [-0.15, -0.1) is 0 Å². The van der Waals surface area contributed by atoms with Crippen molar-refractivity contribution < 1.29 is 18.0 Å². The fraction of sp³-hybridized carbons (Fsp3) is 0.583. The molecule has 1 aromatic heterocycles. The molecule has 19 heavy (non-hydrogen) atoms. The zero-order chi connectivity index (χ0) is 14.3. The molecule has 0 bridgehead atoms. The molecule has 0 aliphatic rings. The maximum atomic E-state index is 12.0. The van der Waals surface area contributed by atoms with Crippen molar-refractivity contribution in [1.82, 2.24) is 10.2 Å². The van der Waals surface area contributed by atoms with E-state index in [9.17, 15) is 13.6 Å². The topological polar surface area (TPSA) is 45.5 Å². The number of carbonyl (C=O) groups is 1. The first-order valence-corrected chi connectivity index (χ1v) is 6.99. The Bertz CT molecular complexity index is 399. The minimum Gasteiger partial charge on any atom is -0.464 e. The largest absolute Gasteiger partial charge is 0.464 e. The molecule has 0 spiro atoms. The van der Waals surface area contributed by atoms with Gasteiger partial charge in [-0.05, 0) is 19.1 Å². The van der Waals surface area contributed by atoms with E-state index < -0.39 is 5.76 Å². The molecule has 0 saturated heterocycles. The molecule has 7 heteroatoms. The zero-order valence-corrected chi connectivity index (χ0v) is 11.8. The number of carbonyl (C=O) groups excluding carboxylic acids is 1. The van der Waals surface area contributed by atoms with Crippen LogP contribution >= 0.6 is 11.8 Å². The molecule has 1 N–H and O–H groups in total. The number of furan rings is 1. The Morgan fingerprint density at radius 1 is 1.47 bits per heavy atom. The van der Waals surface area contributed by atoms with Gasteiger partial charge in [0.05, 0.1) is 18.8 Å². The monoisotopic (exact) mass is 292 g/mol. The normalized spacial score (nSPS) is 11.0. The van der Waals surface area contributed by atoms with Crippen LogP contribution in [0.4, 0.5) is 8.78 Å². The predicted molar refractivity (Wildman–Crippen MR) is 71.0 cm³/mol. The molecule has 0 atom stereocenters. The Kier molecular flexibility index (Phi) is 6.86. The molecule has 0 unspecified atom stereocenters. The van der Waals surface area contributed by atoms with E-state index in [1.54, 1.807) is 24.1 Å². The van der Waals surface area contributed by atoms with E-state index >= 15 is 0 Å². The van der Waals surface area contributed by atoms with Gasteiger partial charge in [0, 0.05) is 13.6 Å². The lowest BCUT2D eigenvalue weighted by molar-refractivity contribution is -0.128. The van der Waals surface area contributed by atoms with Crippen LogP contribution in [0, 0.1) is 0 Å². The lowest BCUT2D eigenvalue weighted by Crippen LogP contribution is -2.35. The number of nitrogens with zero attached hydrogens (tertiary/aromatic N) is 1. The van der Waals surface area contributed by atoms with Gasteiger partial charge >= 0.3 is 0 Å². The Hall–Kier alpha value is -1.08. The van der Waals surface area contributed by atoms with Gasteiger partial charge in [-0.3, -0.25) is 4.79 Å². The van der Waals surface area contributed by atoms with Crippen molar-refractivity contribution in [2.45, 2.75) is 25.0 Å². The fourth-order valence-electron chi connectivity index (χ4n) is 1.34. The lowest BCUT2D eigenvalue weighted by atomic mass is 10.4. The van der Waals surface area contributed by atoms with Crippen LogP contribution in [0.1, 0.15) is 18.4 Å². The summed E-state index contributed by atoms with van der Waals surface area (Å²) in [5.74, 6) is -1.10. The molecular weight excluding hydrogens is 274 g/mol. The third-order valence-electron chi connectivity index (χ3n) is 2.54. The summed E-state index contributed by atoms with van der Waals surface area (Å²) < 4.78 is 29.4. The van der Waals surface area contributed by atoms with E-state index in [1.165, 1.54) is 0 Å². The molecule has 0 saturated carbocycles. The van der Waals surface area contributed by atoms with Gasteiger partial charge in [-0.25, -0.2) is 0 Å². The van der Waals surface area contributed by atoms with Gasteiger partial charge in [-0.1, -0.05) is 11.8 Å². The molecule has 108 valence electrons. The highest BCUT2D eigenvalue weighted by Gasteiger charge is 2.08. The summed E-state index contributed by atoms with van der Waals surface area (Å²) >= 11 is 0.525. The second-order valence-electron chi connectivity index (χ2n) is 3.95. The molecule has 0 radical (unpaired) electrons. The highest BCUT2D eigenvalue weighted by atomic mass is 32.2. The smallest absolute Gasteiger partial charge is 0.284 e. The van der Waals surface area contributed by atoms with Gasteiger partial charge < -0.3 is 14.6 Å². The van der Waals surface area contributed by atoms with E-state index in [2.05, 4.69) is 5.32 Å². The van der Waals surface area contributed by atoms with Crippen LogP contribution in [0.3, 0.4) is 0 Å². The van der Waals surface area contributed by atoms with Crippen molar-refractivity contribution in [3.8, 4) is 0 Å². The van der Waals surface area contributed by atoms with E-state index in [4.69, 9.17) is 4.42 Å². The SMILES string of the molecule is CCN(C)C(=O)CNCc1ccc(CSC(F)F)o1. The van der Waals surface area contributed by atoms with Crippen LogP contribution in [0.15, 0.2) is 16.5 Å². The summed E-state index contributed by atoms with van der Waals surface area (Å²) in [6, 6.07) is 3.40. The zero-order valence-electron chi connectivity index (χ0n) is 11.0. The number of rotatable bonds is 8. The van der Waals surface area contributed by atoms with Gasteiger partial charge in [-0.2, -0.15) is 8.78 Å². The Morgan fingerprint density at radius 2 is 2.16 bits per heavy atom. The molecule has 0 aliphatic carbocycles. The standard InChI is InChI=1S/C12H18F2N2O2S/c1-3-16(2)11(17)7-15-6-9-4-5-10(18-9)8-19-12(13)14/h4-5,12,15H,3,6-8H2,1-2H3. The molecule has 1 rings (SSSR count). The van der Waals surface area contributed by atoms with E-state index in [0.29, 0.717) is 36.4 Å².